The van der Waals surface area contributed by atoms with E-state index in [0.717, 1.165) is 30.7 Å². The lowest BCUT2D eigenvalue weighted by molar-refractivity contribution is 1.29. The van der Waals surface area contributed by atoms with E-state index in [2.05, 4.69) is 76.8 Å². The highest BCUT2D eigenvalue weighted by atomic mass is 79.9. The molecule has 0 saturated carbocycles. The lowest BCUT2D eigenvalue weighted by atomic mass is 10.1. The lowest BCUT2D eigenvalue weighted by Gasteiger charge is -2.06. The third-order valence-corrected chi connectivity index (χ3v) is 5.68. The van der Waals surface area contributed by atoms with Gasteiger partial charge in [-0.05, 0) is 85.1 Å². The lowest BCUT2D eigenvalue weighted by Crippen LogP contribution is -1.90. The molecule has 2 nitrogen and oxygen atoms in total. The maximum Gasteiger partial charge on any atom is 0.106 e. The van der Waals surface area contributed by atoms with Crippen LogP contribution in [0.15, 0.2) is 50.1 Å². The van der Waals surface area contributed by atoms with E-state index in [1.807, 2.05) is 18.2 Å². The summed E-state index contributed by atoms with van der Waals surface area (Å²) in [6, 6.07) is 6.20. The number of hydrogen-bond acceptors (Lipinski definition) is 2. The summed E-state index contributed by atoms with van der Waals surface area (Å²) in [5, 5.41) is 0. The van der Waals surface area contributed by atoms with Crippen molar-refractivity contribution >= 4 is 69.3 Å². The van der Waals surface area contributed by atoms with Gasteiger partial charge in [0.1, 0.15) is 4.62 Å². The highest BCUT2D eigenvalue weighted by molar-refractivity contribution is 9.18. The van der Waals surface area contributed by atoms with Crippen LogP contribution in [0.4, 0.5) is 0 Å². The van der Waals surface area contributed by atoms with Crippen molar-refractivity contribution in [2.45, 2.75) is 6.92 Å². The molecule has 1 aliphatic rings. The van der Waals surface area contributed by atoms with E-state index in [0.29, 0.717) is 0 Å². The zero-order valence-electron chi connectivity index (χ0n) is 10.4. The van der Waals surface area contributed by atoms with E-state index in [1.54, 1.807) is 11.3 Å². The number of aliphatic imine (C=N–C) groups is 1. The second kappa shape index (κ2) is 5.75. The molecule has 0 aliphatic carbocycles. The number of halogens is 3. The molecular formula is C14H9Br3N2S. The number of nitrogens with one attached hydrogen (secondary N) is 1. The molecular weight excluding hydrogens is 468 g/mol. The van der Waals surface area contributed by atoms with Crippen molar-refractivity contribution in [3.8, 4) is 0 Å². The number of rotatable bonds is 2. The second-order valence-corrected chi connectivity index (χ2v) is 8.06. The van der Waals surface area contributed by atoms with Crippen molar-refractivity contribution in [1.29, 1.82) is 0 Å². The van der Waals surface area contributed by atoms with Gasteiger partial charge in [-0.15, -0.1) is 11.3 Å². The maximum atomic E-state index is 4.55. The molecule has 0 saturated heterocycles. The molecule has 0 unspecified atom stereocenters. The predicted molar refractivity (Wildman–Crippen MR) is 96.8 cm³/mol. The Morgan fingerprint density at radius 1 is 1.20 bits per heavy atom. The van der Waals surface area contributed by atoms with Crippen LogP contribution in [0.25, 0.3) is 5.57 Å². The first kappa shape index (κ1) is 14.5. The topological polar surface area (TPSA) is 28.1 Å². The molecule has 1 N–H and O–H groups in total. The molecule has 0 spiro atoms. The Bertz CT molecular complexity index is 765. The molecule has 3 rings (SSSR count). The smallest absolute Gasteiger partial charge is 0.106 e. The van der Waals surface area contributed by atoms with Crippen molar-refractivity contribution in [3.05, 3.63) is 60.6 Å². The summed E-state index contributed by atoms with van der Waals surface area (Å²) in [6.45, 7) is 2.11. The Morgan fingerprint density at radius 3 is 2.50 bits per heavy atom. The average molecular weight is 477 g/mol. The first-order chi connectivity index (χ1) is 9.54. The van der Waals surface area contributed by atoms with Crippen molar-refractivity contribution in [2.24, 2.45) is 4.99 Å². The van der Waals surface area contributed by atoms with Crippen LogP contribution in [0.2, 0.25) is 0 Å². The van der Waals surface area contributed by atoms with E-state index in [1.165, 1.54) is 9.75 Å². The molecule has 0 aromatic carbocycles. The van der Waals surface area contributed by atoms with Crippen molar-refractivity contribution in [3.63, 3.8) is 0 Å². The normalized spacial score (nSPS) is 16.7. The van der Waals surface area contributed by atoms with Gasteiger partial charge in [0.2, 0.25) is 0 Å². The fourth-order valence-corrected chi connectivity index (χ4v) is 4.60. The molecule has 102 valence electrons. The first-order valence-corrected chi connectivity index (χ1v) is 9.02. The number of aryl methyl sites for hydroxylation is 1. The van der Waals surface area contributed by atoms with Gasteiger partial charge in [0.15, 0.2) is 0 Å². The number of aromatic amines is 1. The number of nitrogens with zero attached hydrogens (tertiary/aromatic N) is 1. The Balaban J connectivity index is 2.25. The van der Waals surface area contributed by atoms with Gasteiger partial charge in [-0.2, -0.15) is 0 Å². The van der Waals surface area contributed by atoms with Gasteiger partial charge in [0.25, 0.3) is 0 Å². The van der Waals surface area contributed by atoms with Gasteiger partial charge in [0, 0.05) is 20.6 Å². The monoisotopic (exact) mass is 474 g/mol. The number of H-pyrrole nitrogens is 1. The fourth-order valence-electron chi connectivity index (χ4n) is 2.02. The summed E-state index contributed by atoms with van der Waals surface area (Å²) in [4.78, 5) is 10.3. The zero-order valence-corrected chi connectivity index (χ0v) is 16.0. The zero-order chi connectivity index (χ0) is 14.3. The highest BCUT2D eigenvalue weighted by Crippen LogP contribution is 2.39. The third-order valence-electron chi connectivity index (χ3n) is 2.82. The van der Waals surface area contributed by atoms with Gasteiger partial charge in [0.05, 0.1) is 15.2 Å². The minimum absolute atomic E-state index is 0.847. The third kappa shape index (κ3) is 2.79. The molecule has 6 heteroatoms. The molecule has 0 radical (unpaired) electrons. The van der Waals surface area contributed by atoms with E-state index >= 15 is 0 Å². The Hall–Kier alpha value is -0.430. The van der Waals surface area contributed by atoms with Gasteiger partial charge < -0.3 is 4.98 Å². The number of aromatic nitrogens is 1. The summed E-state index contributed by atoms with van der Waals surface area (Å²) in [6.07, 6.45) is 3.98. The van der Waals surface area contributed by atoms with E-state index in [4.69, 9.17) is 0 Å². The predicted octanol–water partition coefficient (Wildman–Crippen LogP) is 6.03. The van der Waals surface area contributed by atoms with Crippen LogP contribution < -0.4 is 0 Å². The molecule has 3 heterocycles. The van der Waals surface area contributed by atoms with Gasteiger partial charge in [-0.25, -0.2) is 4.99 Å². The Kier molecular flexibility index (Phi) is 4.17. The number of allylic oxidation sites excluding steroid dienone is 2. The Labute approximate surface area is 146 Å². The van der Waals surface area contributed by atoms with Crippen LogP contribution in [0.5, 0.6) is 0 Å². The van der Waals surface area contributed by atoms with Crippen LogP contribution in [-0.4, -0.2) is 9.60 Å². The maximum absolute atomic E-state index is 4.55. The summed E-state index contributed by atoms with van der Waals surface area (Å²) in [5.74, 6) is 0. The highest BCUT2D eigenvalue weighted by Gasteiger charge is 2.19. The first-order valence-electron chi connectivity index (χ1n) is 5.82. The summed E-state index contributed by atoms with van der Waals surface area (Å²) >= 11 is 12.3. The van der Waals surface area contributed by atoms with E-state index in [-0.39, 0.29) is 0 Å². The summed E-state index contributed by atoms with van der Waals surface area (Å²) in [5.41, 5.74) is 3.10. The number of thiophene rings is 1. The van der Waals surface area contributed by atoms with E-state index < -0.39 is 0 Å². The molecule has 0 bridgehead atoms. The quantitative estimate of drug-likeness (QED) is 0.548. The van der Waals surface area contributed by atoms with Crippen LogP contribution in [0, 0.1) is 6.92 Å². The molecule has 2 aromatic rings. The molecule has 20 heavy (non-hydrogen) atoms. The van der Waals surface area contributed by atoms with Crippen molar-refractivity contribution in [2.75, 3.05) is 0 Å². The van der Waals surface area contributed by atoms with Crippen LogP contribution in [-0.2, 0) is 0 Å². The van der Waals surface area contributed by atoms with Crippen LogP contribution in [0.3, 0.4) is 0 Å². The summed E-state index contributed by atoms with van der Waals surface area (Å²) in [7, 11) is 0. The van der Waals surface area contributed by atoms with Crippen molar-refractivity contribution < 1.29 is 0 Å². The fraction of sp³-hybridized carbons (Fsp3) is 0.0714. The molecule has 0 amide bonds. The number of hydrogen-bond donors (Lipinski definition) is 1. The van der Waals surface area contributed by atoms with E-state index in [9.17, 15) is 0 Å². The minimum Gasteiger partial charge on any atom is -0.349 e. The van der Waals surface area contributed by atoms with Gasteiger partial charge in [-0.3, -0.25) is 0 Å². The van der Waals surface area contributed by atoms with Crippen LogP contribution in [0.1, 0.15) is 15.4 Å². The molecule has 0 fully saturated rings. The molecule has 0 atom stereocenters. The average Bonchev–Trinajstić information content (AvgIpc) is 3.05. The van der Waals surface area contributed by atoms with Gasteiger partial charge >= 0.3 is 0 Å². The molecule has 1 aliphatic heterocycles. The SMILES string of the molecule is Cc1cc(Br)c(/C(=C2\C=CC(Br)=N2)c2ccc(Br)[nH]2)s1. The Morgan fingerprint density at radius 2 is 2.00 bits per heavy atom. The van der Waals surface area contributed by atoms with Gasteiger partial charge in [-0.1, -0.05) is 0 Å². The minimum atomic E-state index is 0.847. The molecule has 2 aromatic heterocycles. The van der Waals surface area contributed by atoms with Crippen LogP contribution >= 0.6 is 59.1 Å². The summed E-state index contributed by atoms with van der Waals surface area (Å²) < 4.78 is 2.90. The standard InChI is InChI=1S/C14H9Br3N2S/c1-7-6-8(15)14(20-7)13(9-2-4-11(16)18-9)10-3-5-12(17)19-10/h2-6,18H,1H3/b13-10+. The largest absolute Gasteiger partial charge is 0.349 e. The second-order valence-electron chi connectivity index (χ2n) is 4.28. The van der Waals surface area contributed by atoms with Crippen molar-refractivity contribution in [1.82, 2.24) is 4.98 Å².